The molecule has 0 fully saturated rings. The first-order valence-electron chi connectivity index (χ1n) is 6.90. The average molecular weight is 383 g/mol. The molecule has 0 saturated heterocycles. The summed E-state index contributed by atoms with van der Waals surface area (Å²) in [5, 5.41) is 2.14. The van der Waals surface area contributed by atoms with Crippen molar-refractivity contribution in [3.63, 3.8) is 0 Å². The molecule has 0 aromatic heterocycles. The number of carbonyl (C=O) groups is 1. The number of nitrogens with zero attached hydrogens (tertiary/aromatic N) is 1. The van der Waals surface area contributed by atoms with Crippen LogP contribution in [0.2, 0.25) is 0 Å². The Morgan fingerprint density at radius 3 is 2.68 bits per heavy atom. The van der Waals surface area contributed by atoms with Crippen molar-refractivity contribution in [3.8, 4) is 0 Å². The zero-order valence-corrected chi connectivity index (χ0v) is 15.0. The van der Waals surface area contributed by atoms with Crippen LogP contribution in [-0.4, -0.2) is 29.7 Å². The van der Waals surface area contributed by atoms with Crippen molar-refractivity contribution < 1.29 is 31.1 Å². The Bertz CT molecular complexity index is 620. The van der Waals surface area contributed by atoms with E-state index in [-0.39, 0.29) is 22.8 Å². The molecule has 0 aliphatic carbocycles. The minimum absolute atomic E-state index is 0. The van der Waals surface area contributed by atoms with Crippen LogP contribution in [0.5, 0.6) is 0 Å². The quantitative estimate of drug-likeness (QED) is 0.713. The maximum atomic E-state index is 13.0. The Morgan fingerprint density at radius 2 is 2.14 bits per heavy atom. The van der Waals surface area contributed by atoms with Crippen molar-refractivity contribution in [2.45, 2.75) is 12.5 Å². The molecule has 0 radical (unpaired) electrons. The molecule has 2 aliphatic rings. The van der Waals surface area contributed by atoms with Gasteiger partial charge in [-0.25, -0.2) is 0 Å². The molecule has 22 heavy (non-hydrogen) atoms. The van der Waals surface area contributed by atoms with Gasteiger partial charge >= 0.3 is 0 Å². The van der Waals surface area contributed by atoms with Crippen LogP contribution in [0.25, 0.3) is 0 Å². The lowest BCUT2D eigenvalue weighted by atomic mass is 9.86. The van der Waals surface area contributed by atoms with Crippen LogP contribution < -0.4 is 22.5 Å². The van der Waals surface area contributed by atoms with E-state index in [2.05, 4.69) is 24.9 Å². The van der Waals surface area contributed by atoms with Gasteiger partial charge in [0.25, 0.3) is 0 Å². The summed E-state index contributed by atoms with van der Waals surface area (Å²) >= 11 is 1.76. The normalized spacial score (nSPS) is 29.6. The molecule has 1 N–H and O–H groups in total. The number of quaternary nitrogens is 1. The molecule has 1 aromatic rings. The van der Waals surface area contributed by atoms with Crippen LogP contribution in [0.3, 0.4) is 0 Å². The Balaban J connectivity index is 0.00000176. The number of rotatable bonds is 4. The third-order valence-corrected chi connectivity index (χ3v) is 5.46. The summed E-state index contributed by atoms with van der Waals surface area (Å²) in [5.74, 6) is 1.01. The first-order chi connectivity index (χ1) is 10.1. The van der Waals surface area contributed by atoms with E-state index in [0.717, 1.165) is 11.4 Å². The van der Waals surface area contributed by atoms with Crippen molar-refractivity contribution in [3.05, 3.63) is 59.3 Å². The van der Waals surface area contributed by atoms with Crippen LogP contribution in [0.1, 0.15) is 12.5 Å². The third-order valence-electron chi connectivity index (χ3n) is 4.23. The molecule has 0 saturated carbocycles. The molecule has 2 atom stereocenters. The van der Waals surface area contributed by atoms with Crippen LogP contribution in [0, 0.1) is 0 Å². The van der Waals surface area contributed by atoms with Crippen molar-refractivity contribution in [1.29, 1.82) is 0 Å². The Labute approximate surface area is 145 Å². The molecule has 118 valence electrons. The Kier molecular flexibility index (Phi) is 5.17. The SMILES string of the molecule is CC1=CSC[N+]1(C)CC(=O)C1(c2ccccc2)C=CON1.[Br-]. The lowest BCUT2D eigenvalue weighted by Crippen LogP contribution is -3.00. The highest BCUT2D eigenvalue weighted by Crippen LogP contribution is 2.33. The predicted octanol–water partition coefficient (Wildman–Crippen LogP) is -0.484. The van der Waals surface area contributed by atoms with Gasteiger partial charge in [0, 0.05) is 12.3 Å². The number of nitrogens with one attached hydrogen (secondary N) is 1. The number of Topliss-reactive ketones (excluding diaryl/α,β-unsaturated/α-hetero) is 1. The number of halogens is 1. The zero-order chi connectivity index (χ0) is 14.9. The first kappa shape index (κ1) is 17.3. The first-order valence-corrected chi connectivity index (χ1v) is 7.95. The molecular formula is C16H19BrN2O2S. The van der Waals surface area contributed by atoms with Gasteiger partial charge in [0.05, 0.1) is 7.05 Å². The monoisotopic (exact) mass is 382 g/mol. The summed E-state index contributed by atoms with van der Waals surface area (Å²) in [6.07, 6.45) is 3.35. The smallest absolute Gasteiger partial charge is 0.219 e. The number of hydroxylamine groups is 1. The fraction of sp³-hybridized carbons (Fsp3) is 0.312. The van der Waals surface area contributed by atoms with Crippen LogP contribution in [-0.2, 0) is 15.2 Å². The number of allylic oxidation sites excluding steroid dienone is 1. The van der Waals surface area contributed by atoms with Gasteiger partial charge in [-0.05, 0) is 11.6 Å². The fourth-order valence-electron chi connectivity index (χ4n) is 2.63. The molecule has 2 unspecified atom stereocenters. The maximum Gasteiger partial charge on any atom is 0.219 e. The summed E-state index contributed by atoms with van der Waals surface area (Å²) < 4.78 is 0.646. The second-order valence-corrected chi connectivity index (χ2v) is 6.56. The molecule has 2 aliphatic heterocycles. The fourth-order valence-corrected chi connectivity index (χ4v) is 3.82. The number of hydrogen-bond acceptors (Lipinski definition) is 4. The van der Waals surface area contributed by atoms with Crippen molar-refractivity contribution in [1.82, 2.24) is 5.48 Å². The molecule has 4 nitrogen and oxygen atoms in total. The maximum absolute atomic E-state index is 13.0. The van der Waals surface area contributed by atoms with Gasteiger partial charge in [0.2, 0.25) is 5.78 Å². The minimum Gasteiger partial charge on any atom is -1.00 e. The van der Waals surface area contributed by atoms with Crippen molar-refractivity contribution >= 4 is 17.5 Å². The van der Waals surface area contributed by atoms with E-state index in [1.165, 1.54) is 5.70 Å². The van der Waals surface area contributed by atoms with E-state index >= 15 is 0 Å². The summed E-state index contributed by atoms with van der Waals surface area (Å²) in [6.45, 7) is 2.52. The van der Waals surface area contributed by atoms with Gasteiger partial charge in [-0.3, -0.25) is 9.28 Å². The van der Waals surface area contributed by atoms with Gasteiger partial charge in [-0.15, -0.1) is 5.48 Å². The summed E-state index contributed by atoms with van der Waals surface area (Å²) in [7, 11) is 2.10. The third kappa shape index (κ3) is 2.88. The number of hydrogen-bond donors (Lipinski definition) is 1. The Hall–Kier alpha value is -1.08. The molecule has 3 rings (SSSR count). The number of benzene rings is 1. The molecule has 1 aromatic carbocycles. The molecule has 0 bridgehead atoms. The highest BCUT2D eigenvalue weighted by atomic mass is 79.9. The van der Waals surface area contributed by atoms with Crippen LogP contribution >= 0.6 is 11.8 Å². The number of carbonyl (C=O) groups excluding carboxylic acids is 1. The molecular weight excluding hydrogens is 364 g/mol. The second kappa shape index (κ2) is 6.58. The van der Waals surface area contributed by atoms with E-state index in [9.17, 15) is 4.79 Å². The predicted molar refractivity (Wildman–Crippen MR) is 83.8 cm³/mol. The van der Waals surface area contributed by atoms with Crippen LogP contribution in [0.4, 0.5) is 0 Å². The van der Waals surface area contributed by atoms with E-state index in [4.69, 9.17) is 4.84 Å². The van der Waals surface area contributed by atoms with Gasteiger partial charge in [-0.2, -0.15) is 0 Å². The van der Waals surface area contributed by atoms with E-state index in [1.807, 2.05) is 30.3 Å². The van der Waals surface area contributed by atoms with Gasteiger partial charge in [0.15, 0.2) is 5.54 Å². The number of ketones is 1. The number of thioether (sulfide) groups is 1. The average Bonchev–Trinajstić information content (AvgIpc) is 3.09. The van der Waals surface area contributed by atoms with Gasteiger partial charge in [0.1, 0.15) is 24.4 Å². The van der Waals surface area contributed by atoms with Crippen LogP contribution in [0.15, 0.2) is 53.8 Å². The van der Waals surface area contributed by atoms with E-state index in [1.54, 1.807) is 24.1 Å². The lowest BCUT2D eigenvalue weighted by molar-refractivity contribution is -0.849. The highest BCUT2D eigenvalue weighted by molar-refractivity contribution is 8.02. The molecule has 0 spiro atoms. The van der Waals surface area contributed by atoms with Crippen molar-refractivity contribution in [2.24, 2.45) is 0 Å². The standard InChI is InChI=1S/C16H19N2O2S.BrH/c1-13-11-21-12-18(13,2)10-15(19)16(8-9-20-17-16)14-6-4-3-5-7-14;/h3-9,11,17H,10,12H2,1-2H3;1H/q+1;/p-1. The molecule has 6 heteroatoms. The summed E-state index contributed by atoms with van der Waals surface area (Å²) in [5.41, 5.74) is 4.14. The van der Waals surface area contributed by atoms with Gasteiger partial charge in [-0.1, -0.05) is 42.1 Å². The molecule has 2 heterocycles. The highest BCUT2D eigenvalue weighted by Gasteiger charge is 2.45. The topological polar surface area (TPSA) is 38.3 Å². The second-order valence-electron chi connectivity index (χ2n) is 5.73. The lowest BCUT2D eigenvalue weighted by Gasteiger charge is -2.33. The van der Waals surface area contributed by atoms with Gasteiger partial charge < -0.3 is 21.8 Å². The Morgan fingerprint density at radius 1 is 1.41 bits per heavy atom. The van der Waals surface area contributed by atoms with E-state index in [0.29, 0.717) is 11.0 Å². The molecule has 0 amide bonds. The van der Waals surface area contributed by atoms with Crippen molar-refractivity contribution in [2.75, 3.05) is 19.5 Å². The summed E-state index contributed by atoms with van der Waals surface area (Å²) in [6, 6.07) is 9.71. The van der Waals surface area contributed by atoms with E-state index < -0.39 is 5.54 Å². The number of likely N-dealkylation sites (N-methyl/N-ethyl adjacent to an activating group) is 1. The largest absolute Gasteiger partial charge is 1.00 e. The zero-order valence-electron chi connectivity index (χ0n) is 12.6. The summed E-state index contributed by atoms with van der Waals surface area (Å²) in [4.78, 5) is 18.2. The minimum atomic E-state index is -0.879.